The lowest BCUT2D eigenvalue weighted by molar-refractivity contribution is 0.0945. The Hall–Kier alpha value is -2.14. The molecule has 0 aliphatic carbocycles. The zero-order valence-electron chi connectivity index (χ0n) is 12.1. The van der Waals surface area contributed by atoms with Gasteiger partial charge in [-0.15, -0.1) is 0 Å². The van der Waals surface area contributed by atoms with E-state index in [0.717, 1.165) is 24.2 Å². The van der Waals surface area contributed by atoms with Crippen molar-refractivity contribution < 1.29 is 4.79 Å². The number of carbonyl (C=O) groups excluding carboxylic acids is 1. The second kappa shape index (κ2) is 6.10. The number of benzene rings is 1. The topological polar surface area (TPSA) is 69.8 Å². The number of hydrogen-bond donors (Lipinski definition) is 3. The highest BCUT2D eigenvalue weighted by Crippen LogP contribution is 2.18. The van der Waals surface area contributed by atoms with Crippen molar-refractivity contribution in [2.75, 3.05) is 13.1 Å². The monoisotopic (exact) mass is 284 g/mol. The number of H-pyrrole nitrogens is 1. The maximum absolute atomic E-state index is 12.1. The molecule has 1 amide bonds. The SMILES string of the molecule is Cc1ccc(-c2cc(C(=O)NCC3CCCN3)[nH]n2)cc1. The highest BCUT2D eigenvalue weighted by atomic mass is 16.1. The summed E-state index contributed by atoms with van der Waals surface area (Å²) < 4.78 is 0. The molecule has 1 aliphatic rings. The number of rotatable bonds is 4. The Morgan fingerprint density at radius 1 is 1.38 bits per heavy atom. The van der Waals surface area contributed by atoms with Crippen LogP contribution in [-0.4, -0.2) is 35.2 Å². The first kappa shape index (κ1) is 13.8. The standard InChI is InChI=1S/C16H20N4O/c1-11-4-6-12(7-5-11)14-9-15(20-19-14)16(21)18-10-13-3-2-8-17-13/h4-7,9,13,17H,2-3,8,10H2,1H3,(H,18,21)(H,19,20). The smallest absolute Gasteiger partial charge is 0.269 e. The van der Waals surface area contributed by atoms with Crippen LogP contribution in [0, 0.1) is 6.92 Å². The van der Waals surface area contributed by atoms with E-state index < -0.39 is 0 Å². The van der Waals surface area contributed by atoms with E-state index in [9.17, 15) is 4.79 Å². The third-order valence-corrected chi connectivity index (χ3v) is 3.84. The number of hydrogen-bond acceptors (Lipinski definition) is 3. The van der Waals surface area contributed by atoms with Crippen molar-refractivity contribution in [2.24, 2.45) is 0 Å². The van der Waals surface area contributed by atoms with Gasteiger partial charge >= 0.3 is 0 Å². The van der Waals surface area contributed by atoms with Crippen molar-refractivity contribution in [3.05, 3.63) is 41.6 Å². The van der Waals surface area contributed by atoms with Crippen molar-refractivity contribution in [1.82, 2.24) is 20.8 Å². The van der Waals surface area contributed by atoms with E-state index in [1.54, 1.807) is 6.07 Å². The minimum atomic E-state index is -0.102. The molecule has 0 radical (unpaired) electrons. The van der Waals surface area contributed by atoms with E-state index in [1.165, 1.54) is 12.0 Å². The molecule has 1 aromatic heterocycles. The fourth-order valence-corrected chi connectivity index (χ4v) is 2.55. The summed E-state index contributed by atoms with van der Waals surface area (Å²) in [6.07, 6.45) is 2.31. The fourth-order valence-electron chi connectivity index (χ4n) is 2.55. The predicted octanol–water partition coefficient (Wildman–Crippen LogP) is 1.87. The van der Waals surface area contributed by atoms with Gasteiger partial charge in [0, 0.05) is 18.2 Å². The fraction of sp³-hybridized carbons (Fsp3) is 0.375. The first-order chi connectivity index (χ1) is 10.2. The van der Waals surface area contributed by atoms with Crippen LogP contribution in [0.2, 0.25) is 0 Å². The molecule has 1 aromatic carbocycles. The molecule has 21 heavy (non-hydrogen) atoms. The maximum Gasteiger partial charge on any atom is 0.269 e. The Morgan fingerprint density at radius 3 is 2.90 bits per heavy atom. The molecule has 5 nitrogen and oxygen atoms in total. The van der Waals surface area contributed by atoms with Crippen LogP contribution in [0.3, 0.4) is 0 Å². The van der Waals surface area contributed by atoms with E-state index in [-0.39, 0.29) is 5.91 Å². The summed E-state index contributed by atoms with van der Waals surface area (Å²) in [5.41, 5.74) is 3.51. The third-order valence-electron chi connectivity index (χ3n) is 3.84. The Kier molecular flexibility index (Phi) is 4.01. The molecule has 3 N–H and O–H groups in total. The molecule has 0 spiro atoms. The van der Waals surface area contributed by atoms with Gasteiger partial charge < -0.3 is 10.6 Å². The zero-order valence-corrected chi connectivity index (χ0v) is 12.1. The van der Waals surface area contributed by atoms with Crippen LogP contribution in [-0.2, 0) is 0 Å². The van der Waals surface area contributed by atoms with Gasteiger partial charge in [-0.2, -0.15) is 5.10 Å². The van der Waals surface area contributed by atoms with Gasteiger partial charge in [-0.05, 0) is 32.4 Å². The first-order valence-corrected chi connectivity index (χ1v) is 7.36. The van der Waals surface area contributed by atoms with E-state index in [0.29, 0.717) is 18.3 Å². The molecule has 2 aromatic rings. The molecule has 1 saturated heterocycles. The molecule has 0 bridgehead atoms. The van der Waals surface area contributed by atoms with Crippen LogP contribution in [0.5, 0.6) is 0 Å². The van der Waals surface area contributed by atoms with Crippen molar-refractivity contribution in [3.8, 4) is 11.3 Å². The summed E-state index contributed by atoms with van der Waals surface area (Å²) in [6, 6.07) is 10.3. The second-order valence-electron chi connectivity index (χ2n) is 5.54. The minimum absolute atomic E-state index is 0.102. The molecular weight excluding hydrogens is 264 g/mol. The van der Waals surface area contributed by atoms with Crippen LogP contribution < -0.4 is 10.6 Å². The van der Waals surface area contributed by atoms with Crippen LogP contribution in [0.1, 0.15) is 28.9 Å². The Labute approximate surface area is 124 Å². The summed E-state index contributed by atoms with van der Waals surface area (Å²) in [5, 5.41) is 13.3. The summed E-state index contributed by atoms with van der Waals surface area (Å²) in [7, 11) is 0. The molecule has 1 fully saturated rings. The number of amides is 1. The van der Waals surface area contributed by atoms with Crippen molar-refractivity contribution in [2.45, 2.75) is 25.8 Å². The lowest BCUT2D eigenvalue weighted by Crippen LogP contribution is -2.37. The van der Waals surface area contributed by atoms with Crippen molar-refractivity contribution >= 4 is 5.91 Å². The van der Waals surface area contributed by atoms with Crippen molar-refractivity contribution in [1.29, 1.82) is 0 Å². The Bertz CT molecular complexity index is 611. The highest BCUT2D eigenvalue weighted by Gasteiger charge is 2.16. The Balaban J connectivity index is 1.63. The molecule has 5 heteroatoms. The van der Waals surface area contributed by atoms with Gasteiger partial charge in [-0.3, -0.25) is 9.89 Å². The molecule has 110 valence electrons. The molecule has 1 atom stereocenters. The number of nitrogens with zero attached hydrogens (tertiary/aromatic N) is 1. The largest absolute Gasteiger partial charge is 0.349 e. The average Bonchev–Trinajstić information content (AvgIpc) is 3.17. The second-order valence-corrected chi connectivity index (χ2v) is 5.54. The molecule has 2 heterocycles. The summed E-state index contributed by atoms with van der Waals surface area (Å²) in [5.74, 6) is -0.102. The zero-order chi connectivity index (χ0) is 14.7. The summed E-state index contributed by atoms with van der Waals surface area (Å²) >= 11 is 0. The van der Waals surface area contributed by atoms with Gasteiger partial charge in [0.1, 0.15) is 5.69 Å². The average molecular weight is 284 g/mol. The van der Waals surface area contributed by atoms with Gasteiger partial charge in [0.25, 0.3) is 5.91 Å². The lowest BCUT2D eigenvalue weighted by Gasteiger charge is -2.10. The molecule has 1 aliphatic heterocycles. The van der Waals surface area contributed by atoms with Crippen LogP contribution in [0.25, 0.3) is 11.3 Å². The van der Waals surface area contributed by atoms with Gasteiger partial charge in [-0.25, -0.2) is 0 Å². The van der Waals surface area contributed by atoms with Gasteiger partial charge in [-0.1, -0.05) is 29.8 Å². The number of aryl methyl sites for hydroxylation is 1. The quantitative estimate of drug-likeness (QED) is 0.802. The van der Waals surface area contributed by atoms with Gasteiger partial charge in [0.15, 0.2) is 0 Å². The predicted molar refractivity (Wildman–Crippen MR) is 82.1 cm³/mol. The van der Waals surface area contributed by atoms with Gasteiger partial charge in [0.2, 0.25) is 0 Å². The minimum Gasteiger partial charge on any atom is -0.349 e. The summed E-state index contributed by atoms with van der Waals surface area (Å²) in [6.45, 7) is 3.75. The normalized spacial score (nSPS) is 17.9. The van der Waals surface area contributed by atoms with Gasteiger partial charge in [0.05, 0.1) is 5.69 Å². The third kappa shape index (κ3) is 3.31. The molecule has 3 rings (SSSR count). The summed E-state index contributed by atoms with van der Waals surface area (Å²) in [4.78, 5) is 12.1. The van der Waals surface area contributed by atoms with E-state index in [1.807, 2.05) is 31.2 Å². The number of nitrogens with one attached hydrogen (secondary N) is 3. The maximum atomic E-state index is 12.1. The molecule has 1 unspecified atom stereocenters. The van der Waals surface area contributed by atoms with Crippen LogP contribution in [0.15, 0.2) is 30.3 Å². The number of aromatic amines is 1. The van der Waals surface area contributed by atoms with Crippen LogP contribution in [0.4, 0.5) is 0 Å². The van der Waals surface area contributed by atoms with Crippen LogP contribution >= 0.6 is 0 Å². The van der Waals surface area contributed by atoms with Crippen molar-refractivity contribution in [3.63, 3.8) is 0 Å². The number of carbonyl (C=O) groups is 1. The molecule has 0 saturated carbocycles. The lowest BCUT2D eigenvalue weighted by atomic mass is 10.1. The Morgan fingerprint density at radius 2 is 2.19 bits per heavy atom. The number of aromatic nitrogens is 2. The van der Waals surface area contributed by atoms with E-state index in [2.05, 4.69) is 20.8 Å². The molecular formula is C16H20N4O. The van der Waals surface area contributed by atoms with E-state index in [4.69, 9.17) is 0 Å². The first-order valence-electron chi connectivity index (χ1n) is 7.36. The highest BCUT2D eigenvalue weighted by molar-refractivity contribution is 5.93. The van der Waals surface area contributed by atoms with E-state index >= 15 is 0 Å².